The summed E-state index contributed by atoms with van der Waals surface area (Å²) in [6.45, 7) is 2.15. The van der Waals surface area contributed by atoms with Crippen molar-refractivity contribution in [1.29, 1.82) is 0 Å². The van der Waals surface area contributed by atoms with Crippen LogP contribution in [0.5, 0.6) is 0 Å². The van der Waals surface area contributed by atoms with E-state index in [4.69, 9.17) is 0 Å². The molecule has 2 rings (SSSR count). The van der Waals surface area contributed by atoms with Gasteiger partial charge in [0.05, 0.1) is 0 Å². The Hall–Kier alpha value is -1.91. The van der Waals surface area contributed by atoms with Gasteiger partial charge >= 0.3 is 0 Å². The van der Waals surface area contributed by atoms with Crippen molar-refractivity contribution >= 4 is 11.8 Å². The molecule has 1 fully saturated rings. The Balaban J connectivity index is 2.04. The second-order valence-electron chi connectivity index (χ2n) is 5.50. The summed E-state index contributed by atoms with van der Waals surface area (Å²) in [6, 6.07) is 6.13. The van der Waals surface area contributed by atoms with Crippen LogP contribution in [-0.4, -0.2) is 17.4 Å². The zero-order chi connectivity index (χ0) is 15.3. The Bertz CT molecular complexity index is 533. The summed E-state index contributed by atoms with van der Waals surface area (Å²) in [5.41, 5.74) is -0.129. The molecule has 1 unspecified atom stereocenters. The molecule has 1 aliphatic rings. The van der Waals surface area contributed by atoms with E-state index in [2.05, 4.69) is 10.6 Å². The minimum Gasteiger partial charge on any atom is -0.350 e. The highest BCUT2D eigenvalue weighted by Crippen LogP contribution is 2.23. The van der Waals surface area contributed by atoms with Crippen LogP contribution in [0.3, 0.4) is 0 Å². The van der Waals surface area contributed by atoms with E-state index < -0.39 is 5.54 Å². The molecule has 2 N–H and O–H groups in total. The zero-order valence-electron chi connectivity index (χ0n) is 12.2. The van der Waals surface area contributed by atoms with Crippen molar-refractivity contribution in [3.05, 3.63) is 35.6 Å². The molecule has 21 heavy (non-hydrogen) atoms. The zero-order valence-corrected chi connectivity index (χ0v) is 12.2. The molecule has 5 heteroatoms. The van der Waals surface area contributed by atoms with Gasteiger partial charge in [-0.05, 0) is 37.0 Å². The SMILES string of the molecule is CCC1(C(=O)NCc2cccc(F)c2)CCCCC(=O)N1. The highest BCUT2D eigenvalue weighted by Gasteiger charge is 2.38. The van der Waals surface area contributed by atoms with E-state index in [1.165, 1.54) is 12.1 Å². The van der Waals surface area contributed by atoms with Gasteiger partial charge in [-0.3, -0.25) is 9.59 Å². The highest BCUT2D eigenvalue weighted by atomic mass is 19.1. The van der Waals surface area contributed by atoms with Crippen molar-refractivity contribution in [1.82, 2.24) is 10.6 Å². The van der Waals surface area contributed by atoms with Crippen LogP contribution in [0.4, 0.5) is 4.39 Å². The third-order valence-electron chi connectivity index (χ3n) is 4.02. The van der Waals surface area contributed by atoms with Crippen LogP contribution in [0.15, 0.2) is 24.3 Å². The number of halogens is 1. The molecular formula is C16H21FN2O2. The lowest BCUT2D eigenvalue weighted by molar-refractivity contribution is -0.133. The van der Waals surface area contributed by atoms with Gasteiger partial charge in [-0.2, -0.15) is 0 Å². The van der Waals surface area contributed by atoms with Gasteiger partial charge < -0.3 is 10.6 Å². The number of hydrogen-bond acceptors (Lipinski definition) is 2. The lowest BCUT2D eigenvalue weighted by atomic mass is 9.89. The first-order valence-corrected chi connectivity index (χ1v) is 7.39. The topological polar surface area (TPSA) is 58.2 Å². The minimum absolute atomic E-state index is 0.0738. The van der Waals surface area contributed by atoms with E-state index in [1.54, 1.807) is 12.1 Å². The molecule has 1 aromatic rings. The summed E-state index contributed by atoms with van der Waals surface area (Å²) >= 11 is 0. The quantitative estimate of drug-likeness (QED) is 0.894. The Morgan fingerprint density at radius 1 is 1.43 bits per heavy atom. The maximum atomic E-state index is 13.1. The van der Waals surface area contributed by atoms with Crippen LogP contribution >= 0.6 is 0 Å². The lowest BCUT2D eigenvalue weighted by Gasteiger charge is -2.31. The molecule has 1 aliphatic heterocycles. The normalized spacial score (nSPS) is 22.3. The summed E-state index contributed by atoms with van der Waals surface area (Å²) in [5.74, 6) is -0.588. The Morgan fingerprint density at radius 3 is 2.95 bits per heavy atom. The predicted octanol–water partition coefficient (Wildman–Crippen LogP) is 2.28. The van der Waals surface area contributed by atoms with Crippen LogP contribution in [0, 0.1) is 5.82 Å². The molecule has 4 nitrogen and oxygen atoms in total. The Morgan fingerprint density at radius 2 is 2.24 bits per heavy atom. The molecule has 1 atom stereocenters. The average molecular weight is 292 g/mol. The fourth-order valence-electron chi connectivity index (χ4n) is 2.70. The maximum Gasteiger partial charge on any atom is 0.246 e. The molecule has 1 heterocycles. The number of nitrogens with one attached hydrogen (secondary N) is 2. The van der Waals surface area contributed by atoms with E-state index in [9.17, 15) is 14.0 Å². The van der Waals surface area contributed by atoms with Gasteiger partial charge in [0.25, 0.3) is 0 Å². The van der Waals surface area contributed by atoms with Gasteiger partial charge in [-0.15, -0.1) is 0 Å². The fraction of sp³-hybridized carbons (Fsp3) is 0.500. The van der Waals surface area contributed by atoms with E-state index >= 15 is 0 Å². The molecule has 0 aromatic heterocycles. The fourth-order valence-corrected chi connectivity index (χ4v) is 2.70. The minimum atomic E-state index is -0.832. The first-order chi connectivity index (χ1) is 10.1. The van der Waals surface area contributed by atoms with Gasteiger partial charge in [0.2, 0.25) is 11.8 Å². The standard InChI is InChI=1S/C16H21FN2O2/c1-2-16(9-4-3-8-14(20)19-16)15(21)18-11-12-6-5-7-13(17)10-12/h5-7,10H,2-4,8-9,11H2,1H3,(H,18,21)(H,19,20). The van der Waals surface area contributed by atoms with E-state index in [0.717, 1.165) is 12.8 Å². The molecule has 0 radical (unpaired) electrons. The lowest BCUT2D eigenvalue weighted by Crippen LogP contribution is -2.57. The summed E-state index contributed by atoms with van der Waals surface area (Å²) in [7, 11) is 0. The Labute approximate surface area is 124 Å². The van der Waals surface area contributed by atoms with E-state index in [-0.39, 0.29) is 24.2 Å². The Kier molecular flexibility index (Phi) is 4.94. The summed E-state index contributed by atoms with van der Waals surface area (Å²) in [5, 5.41) is 5.68. The first kappa shape index (κ1) is 15.5. The number of hydrogen-bond donors (Lipinski definition) is 2. The predicted molar refractivity (Wildman–Crippen MR) is 77.9 cm³/mol. The van der Waals surface area contributed by atoms with Gasteiger partial charge in [0.15, 0.2) is 0 Å². The van der Waals surface area contributed by atoms with Crippen molar-refractivity contribution in [3.8, 4) is 0 Å². The third-order valence-corrected chi connectivity index (χ3v) is 4.02. The second-order valence-corrected chi connectivity index (χ2v) is 5.50. The summed E-state index contributed by atoms with van der Waals surface area (Å²) in [4.78, 5) is 24.2. The number of benzene rings is 1. The number of carbonyl (C=O) groups excluding carboxylic acids is 2. The van der Waals surface area contributed by atoms with Crippen LogP contribution in [-0.2, 0) is 16.1 Å². The molecule has 0 saturated carbocycles. The van der Waals surface area contributed by atoms with Crippen molar-refractivity contribution in [3.63, 3.8) is 0 Å². The molecule has 0 bridgehead atoms. The van der Waals surface area contributed by atoms with Crippen LogP contribution in [0.1, 0.15) is 44.6 Å². The number of rotatable bonds is 4. The van der Waals surface area contributed by atoms with E-state index in [0.29, 0.717) is 24.8 Å². The van der Waals surface area contributed by atoms with Crippen molar-refractivity contribution in [2.24, 2.45) is 0 Å². The van der Waals surface area contributed by atoms with Gasteiger partial charge in [0, 0.05) is 13.0 Å². The summed E-state index contributed by atoms with van der Waals surface area (Å²) < 4.78 is 13.1. The average Bonchev–Trinajstić information content (AvgIpc) is 2.67. The molecule has 0 aliphatic carbocycles. The third kappa shape index (κ3) is 3.80. The first-order valence-electron chi connectivity index (χ1n) is 7.39. The molecule has 114 valence electrons. The second kappa shape index (κ2) is 6.70. The smallest absolute Gasteiger partial charge is 0.246 e. The van der Waals surface area contributed by atoms with Crippen LogP contribution < -0.4 is 10.6 Å². The van der Waals surface area contributed by atoms with Crippen molar-refractivity contribution in [2.75, 3.05) is 0 Å². The molecule has 0 spiro atoms. The highest BCUT2D eigenvalue weighted by molar-refractivity contribution is 5.91. The molecular weight excluding hydrogens is 271 g/mol. The summed E-state index contributed by atoms with van der Waals surface area (Å²) in [6.07, 6.45) is 3.32. The van der Waals surface area contributed by atoms with Crippen molar-refractivity contribution in [2.45, 2.75) is 51.1 Å². The van der Waals surface area contributed by atoms with Crippen LogP contribution in [0.2, 0.25) is 0 Å². The van der Waals surface area contributed by atoms with E-state index in [1.807, 2.05) is 6.92 Å². The van der Waals surface area contributed by atoms with Gasteiger partial charge in [-0.1, -0.05) is 25.5 Å². The molecule has 1 saturated heterocycles. The monoisotopic (exact) mass is 292 g/mol. The van der Waals surface area contributed by atoms with Crippen molar-refractivity contribution < 1.29 is 14.0 Å². The molecule has 2 amide bonds. The molecule has 1 aromatic carbocycles. The number of amides is 2. The van der Waals surface area contributed by atoms with Gasteiger partial charge in [0.1, 0.15) is 11.4 Å². The largest absolute Gasteiger partial charge is 0.350 e. The van der Waals surface area contributed by atoms with Gasteiger partial charge in [-0.25, -0.2) is 4.39 Å². The number of carbonyl (C=O) groups is 2. The van der Waals surface area contributed by atoms with Crippen LogP contribution in [0.25, 0.3) is 0 Å². The maximum absolute atomic E-state index is 13.1.